The molecule has 0 aliphatic carbocycles. The van der Waals surface area contributed by atoms with Crippen molar-refractivity contribution in [1.82, 2.24) is 4.98 Å². The van der Waals surface area contributed by atoms with Gasteiger partial charge in [-0.3, -0.25) is 9.59 Å². The molecule has 0 atom stereocenters. The molecule has 0 radical (unpaired) electrons. The normalized spacial score (nSPS) is 12.0. The van der Waals surface area contributed by atoms with E-state index >= 15 is 0 Å². The highest BCUT2D eigenvalue weighted by Crippen LogP contribution is 2.48. The van der Waals surface area contributed by atoms with Crippen LogP contribution in [0.3, 0.4) is 0 Å². The summed E-state index contributed by atoms with van der Waals surface area (Å²) >= 11 is 0. The average molecular weight is 483 g/mol. The van der Waals surface area contributed by atoms with Gasteiger partial charge in [-0.05, 0) is 60.4 Å². The fourth-order valence-electron chi connectivity index (χ4n) is 5.05. The van der Waals surface area contributed by atoms with E-state index in [-0.39, 0.29) is 11.9 Å². The fraction of sp³-hybridized carbons (Fsp3) is 0.300. The molecule has 4 aromatic rings. The molecular formula is C30H30N2O4. The smallest absolute Gasteiger partial charge is 0.302 e. The summed E-state index contributed by atoms with van der Waals surface area (Å²) < 4.78 is 10.3. The van der Waals surface area contributed by atoms with Gasteiger partial charge in [0.25, 0.3) is 0 Å². The van der Waals surface area contributed by atoms with E-state index < -0.39 is 0 Å². The molecule has 0 N–H and O–H groups in total. The molecule has 1 aliphatic heterocycles. The van der Waals surface area contributed by atoms with Gasteiger partial charge in [0.15, 0.2) is 0 Å². The molecule has 1 aromatic heterocycles. The van der Waals surface area contributed by atoms with Crippen molar-refractivity contribution >= 4 is 45.0 Å². The van der Waals surface area contributed by atoms with Gasteiger partial charge in [0.1, 0.15) is 0 Å². The highest BCUT2D eigenvalue weighted by Gasteiger charge is 2.25. The molecule has 0 unspecified atom stereocenters. The van der Waals surface area contributed by atoms with Gasteiger partial charge < -0.3 is 14.4 Å². The quantitative estimate of drug-likeness (QED) is 0.171. The zero-order valence-corrected chi connectivity index (χ0v) is 21.0. The summed E-state index contributed by atoms with van der Waals surface area (Å²) in [5, 5.41) is 3.49. The Bertz CT molecular complexity index is 1480. The number of nitrogens with zero attached hydrogens (tertiary/aromatic N) is 2. The first kappa shape index (κ1) is 23.8. The molecule has 0 saturated carbocycles. The molecule has 0 saturated heterocycles. The lowest BCUT2D eigenvalue weighted by atomic mass is 9.90. The lowest BCUT2D eigenvalue weighted by Crippen LogP contribution is -2.16. The summed E-state index contributed by atoms with van der Waals surface area (Å²) in [6, 6.07) is 19.3. The van der Waals surface area contributed by atoms with Gasteiger partial charge in [0.2, 0.25) is 0 Å². The fourth-order valence-corrected chi connectivity index (χ4v) is 5.05. The van der Waals surface area contributed by atoms with E-state index in [1.807, 2.05) is 6.07 Å². The van der Waals surface area contributed by atoms with Crippen LogP contribution in [0.4, 0.5) is 11.4 Å². The third kappa shape index (κ3) is 4.63. The van der Waals surface area contributed by atoms with Crippen LogP contribution in [0, 0.1) is 0 Å². The van der Waals surface area contributed by atoms with Gasteiger partial charge in [-0.25, -0.2) is 4.98 Å². The Morgan fingerprint density at radius 2 is 1.47 bits per heavy atom. The third-order valence-electron chi connectivity index (χ3n) is 6.71. The molecule has 3 aromatic carbocycles. The van der Waals surface area contributed by atoms with E-state index in [0.29, 0.717) is 13.2 Å². The maximum absolute atomic E-state index is 11.2. The van der Waals surface area contributed by atoms with Gasteiger partial charge in [0, 0.05) is 37.2 Å². The number of benzene rings is 3. The Kier molecular flexibility index (Phi) is 6.59. The first-order valence-corrected chi connectivity index (χ1v) is 12.4. The van der Waals surface area contributed by atoms with E-state index in [1.54, 1.807) is 0 Å². The van der Waals surface area contributed by atoms with Crippen LogP contribution >= 0.6 is 0 Å². The number of hydrogen-bond acceptors (Lipinski definition) is 6. The zero-order chi connectivity index (χ0) is 25.2. The Balaban J connectivity index is 1.57. The van der Waals surface area contributed by atoms with Crippen molar-refractivity contribution in [2.24, 2.45) is 0 Å². The average Bonchev–Trinajstić information content (AvgIpc) is 2.87. The van der Waals surface area contributed by atoms with E-state index in [4.69, 9.17) is 14.5 Å². The van der Waals surface area contributed by atoms with Crippen LogP contribution in [0.2, 0.25) is 0 Å². The molecule has 0 bridgehead atoms. The van der Waals surface area contributed by atoms with Crippen LogP contribution in [0.25, 0.3) is 32.9 Å². The Hall–Kier alpha value is -3.93. The second-order valence-electron chi connectivity index (χ2n) is 9.31. The van der Waals surface area contributed by atoms with Crippen molar-refractivity contribution in [3.8, 4) is 11.3 Å². The maximum Gasteiger partial charge on any atom is 0.302 e. The third-order valence-corrected chi connectivity index (χ3v) is 6.71. The lowest BCUT2D eigenvalue weighted by molar-refractivity contribution is -0.142. The van der Waals surface area contributed by atoms with Crippen molar-refractivity contribution in [2.75, 3.05) is 25.2 Å². The van der Waals surface area contributed by atoms with E-state index in [9.17, 15) is 9.59 Å². The van der Waals surface area contributed by atoms with Crippen LogP contribution < -0.4 is 4.90 Å². The van der Waals surface area contributed by atoms with E-state index in [2.05, 4.69) is 60.5 Å². The lowest BCUT2D eigenvalue weighted by Gasteiger charge is -2.31. The van der Waals surface area contributed by atoms with Crippen LogP contribution in [0.5, 0.6) is 0 Å². The number of carbonyl (C=O) groups excluding carboxylic acids is 2. The summed E-state index contributed by atoms with van der Waals surface area (Å²) in [5.41, 5.74) is 7.76. The maximum atomic E-state index is 11.2. The molecule has 1 aliphatic rings. The predicted molar refractivity (Wildman–Crippen MR) is 143 cm³/mol. The number of rotatable bonds is 8. The predicted octanol–water partition coefficient (Wildman–Crippen LogP) is 6.13. The minimum absolute atomic E-state index is 0.244. The molecule has 5 rings (SSSR count). The highest BCUT2D eigenvalue weighted by atomic mass is 16.5. The van der Waals surface area contributed by atoms with Crippen molar-refractivity contribution in [3.63, 3.8) is 0 Å². The number of aromatic nitrogens is 1. The summed E-state index contributed by atoms with van der Waals surface area (Å²) in [6.45, 7) is 3.72. The Morgan fingerprint density at radius 3 is 2.19 bits per heavy atom. The number of hydrogen-bond donors (Lipinski definition) is 0. The van der Waals surface area contributed by atoms with Gasteiger partial charge in [-0.2, -0.15) is 0 Å². The molecule has 36 heavy (non-hydrogen) atoms. The van der Waals surface area contributed by atoms with Crippen molar-refractivity contribution in [1.29, 1.82) is 0 Å². The molecule has 2 heterocycles. The number of pyridine rings is 1. The first-order chi connectivity index (χ1) is 17.4. The molecule has 0 fully saturated rings. The first-order valence-electron chi connectivity index (χ1n) is 12.4. The second kappa shape index (κ2) is 9.97. The zero-order valence-electron chi connectivity index (χ0n) is 21.0. The molecule has 0 spiro atoms. The van der Waals surface area contributed by atoms with E-state index in [1.165, 1.54) is 30.4 Å². The minimum Gasteiger partial charge on any atom is -0.466 e. The largest absolute Gasteiger partial charge is 0.466 e. The number of ether oxygens (including phenoxy) is 2. The Labute approximate surface area is 210 Å². The van der Waals surface area contributed by atoms with Crippen LogP contribution in [0.1, 0.15) is 37.8 Å². The summed E-state index contributed by atoms with van der Waals surface area (Å²) in [5.74, 6) is -0.489. The monoisotopic (exact) mass is 482 g/mol. The van der Waals surface area contributed by atoms with Crippen LogP contribution in [-0.2, 0) is 31.9 Å². The summed E-state index contributed by atoms with van der Waals surface area (Å²) in [6.07, 6.45) is 3.20. The summed E-state index contributed by atoms with van der Waals surface area (Å²) in [4.78, 5) is 29.6. The highest BCUT2D eigenvalue weighted by molar-refractivity contribution is 6.19. The topological polar surface area (TPSA) is 68.7 Å². The molecular weight excluding hydrogens is 452 g/mol. The number of aryl methyl sites for hydroxylation is 2. The van der Waals surface area contributed by atoms with Gasteiger partial charge >= 0.3 is 11.9 Å². The number of fused-ring (bicyclic) bond motifs is 4. The van der Waals surface area contributed by atoms with Gasteiger partial charge in [-0.1, -0.05) is 36.4 Å². The van der Waals surface area contributed by atoms with Gasteiger partial charge in [-0.15, -0.1) is 0 Å². The number of anilines is 2. The van der Waals surface area contributed by atoms with Crippen molar-refractivity contribution in [2.45, 2.75) is 39.5 Å². The minimum atomic E-state index is -0.245. The van der Waals surface area contributed by atoms with Gasteiger partial charge in [0.05, 0.1) is 35.8 Å². The van der Waals surface area contributed by atoms with Crippen molar-refractivity contribution < 1.29 is 19.1 Å². The molecule has 6 nitrogen and oxygen atoms in total. The number of para-hydroxylation sites is 1. The van der Waals surface area contributed by atoms with Crippen LogP contribution in [0.15, 0.2) is 54.6 Å². The summed E-state index contributed by atoms with van der Waals surface area (Å²) in [7, 11) is 2.11. The number of esters is 2. The molecule has 184 valence electrons. The second-order valence-corrected chi connectivity index (χ2v) is 9.31. The number of carbonyl (C=O) groups is 2. The molecule has 6 heteroatoms. The standard InChI is InChI=1S/C30H30N2O4/c1-19(33)35-14-6-8-21-12-13-24-27(17-21)32(3)28-18-22(9-7-15-36-20(2)34)16-25-23-10-4-5-11-26(23)31-30(24)29(25)28/h4-5,10-13,16-18H,6-9,14-15H2,1-3H3. The Morgan fingerprint density at radius 1 is 0.806 bits per heavy atom. The van der Waals surface area contributed by atoms with Crippen molar-refractivity contribution in [3.05, 3.63) is 65.7 Å². The molecule has 0 amide bonds. The van der Waals surface area contributed by atoms with Crippen LogP contribution in [-0.4, -0.2) is 37.2 Å². The SMILES string of the molecule is CC(=O)OCCCc1ccc2c(c1)N(C)c1cc(CCCOC(C)=O)cc3c1c-2nc1ccccc13. The van der Waals surface area contributed by atoms with E-state index in [0.717, 1.165) is 64.6 Å².